The highest BCUT2D eigenvalue weighted by molar-refractivity contribution is 5.55. The second-order valence-corrected chi connectivity index (χ2v) is 6.83. The van der Waals surface area contributed by atoms with E-state index in [2.05, 4.69) is 54.3 Å². The lowest BCUT2D eigenvalue weighted by atomic mass is 10.1. The molecule has 4 heteroatoms. The van der Waals surface area contributed by atoms with Crippen LogP contribution in [0.15, 0.2) is 60.9 Å². The highest BCUT2D eigenvalue weighted by atomic mass is 16.5. The zero-order chi connectivity index (χ0) is 19.1. The Bertz CT molecular complexity index is 862. The average molecular weight is 361 g/mol. The van der Waals surface area contributed by atoms with Crippen LogP contribution in [0.25, 0.3) is 11.4 Å². The van der Waals surface area contributed by atoms with Crippen LogP contribution in [-0.4, -0.2) is 16.1 Å². The molecule has 0 spiro atoms. The molecule has 0 fully saturated rings. The van der Waals surface area contributed by atoms with Crippen molar-refractivity contribution in [2.75, 3.05) is 0 Å². The molecule has 0 radical (unpaired) electrons. The standard InChI is InChI=1S/C23H27N3O/c1-4-18(3)27-22-11-6-5-9-21(22)16-24-13-19-14-25-23(26-15-19)20-10-7-8-17(2)12-20/h5-12,14-15,18,24H,4,13,16H2,1-3H3/t18-/m1/s1. The van der Waals surface area contributed by atoms with E-state index in [-0.39, 0.29) is 6.10 Å². The van der Waals surface area contributed by atoms with Crippen LogP contribution in [0.1, 0.15) is 37.0 Å². The number of aromatic nitrogens is 2. The summed E-state index contributed by atoms with van der Waals surface area (Å²) in [6, 6.07) is 16.4. The zero-order valence-electron chi connectivity index (χ0n) is 16.3. The number of rotatable bonds is 8. The molecule has 1 heterocycles. The number of benzene rings is 2. The smallest absolute Gasteiger partial charge is 0.159 e. The van der Waals surface area contributed by atoms with Crippen molar-refractivity contribution in [1.29, 1.82) is 0 Å². The third kappa shape index (κ3) is 5.38. The minimum atomic E-state index is 0.216. The summed E-state index contributed by atoms with van der Waals surface area (Å²) in [5.74, 6) is 1.71. The quantitative estimate of drug-likeness (QED) is 0.619. The van der Waals surface area contributed by atoms with Crippen molar-refractivity contribution >= 4 is 0 Å². The van der Waals surface area contributed by atoms with Gasteiger partial charge in [0.15, 0.2) is 5.82 Å². The maximum Gasteiger partial charge on any atom is 0.159 e. The Morgan fingerprint density at radius 3 is 2.52 bits per heavy atom. The molecule has 0 aliphatic rings. The predicted molar refractivity (Wildman–Crippen MR) is 110 cm³/mol. The molecule has 1 N–H and O–H groups in total. The normalized spacial score (nSPS) is 12.0. The summed E-state index contributed by atoms with van der Waals surface area (Å²) in [6.45, 7) is 7.76. The lowest BCUT2D eigenvalue weighted by molar-refractivity contribution is 0.215. The van der Waals surface area contributed by atoms with E-state index in [1.54, 1.807) is 0 Å². The van der Waals surface area contributed by atoms with Gasteiger partial charge >= 0.3 is 0 Å². The Hall–Kier alpha value is -2.72. The molecule has 0 saturated carbocycles. The molecule has 1 aromatic heterocycles. The number of para-hydroxylation sites is 1. The maximum absolute atomic E-state index is 6.01. The fourth-order valence-corrected chi connectivity index (χ4v) is 2.79. The molecule has 3 rings (SSSR count). The van der Waals surface area contributed by atoms with E-state index < -0.39 is 0 Å². The fraction of sp³-hybridized carbons (Fsp3) is 0.304. The molecule has 3 aromatic rings. The van der Waals surface area contributed by atoms with Gasteiger partial charge in [-0.05, 0) is 32.4 Å². The molecule has 140 valence electrons. The molecule has 0 unspecified atom stereocenters. The van der Waals surface area contributed by atoms with E-state index in [9.17, 15) is 0 Å². The number of hydrogen-bond acceptors (Lipinski definition) is 4. The Labute approximate surface area is 161 Å². The van der Waals surface area contributed by atoms with Crippen LogP contribution in [0.5, 0.6) is 5.75 Å². The van der Waals surface area contributed by atoms with Crippen LogP contribution in [0.4, 0.5) is 0 Å². The summed E-state index contributed by atoms with van der Waals surface area (Å²) < 4.78 is 6.01. The lowest BCUT2D eigenvalue weighted by Crippen LogP contribution is -2.16. The Morgan fingerprint density at radius 2 is 1.78 bits per heavy atom. The molecular weight excluding hydrogens is 334 g/mol. The lowest BCUT2D eigenvalue weighted by Gasteiger charge is -2.16. The summed E-state index contributed by atoms with van der Waals surface area (Å²) in [4.78, 5) is 9.02. The minimum Gasteiger partial charge on any atom is -0.490 e. The van der Waals surface area contributed by atoms with Gasteiger partial charge in [0.25, 0.3) is 0 Å². The molecule has 0 amide bonds. The SMILES string of the molecule is CC[C@@H](C)Oc1ccccc1CNCc1cnc(-c2cccc(C)c2)nc1. The van der Waals surface area contributed by atoms with Crippen LogP contribution in [0.2, 0.25) is 0 Å². The van der Waals surface area contributed by atoms with Gasteiger partial charge in [0.2, 0.25) is 0 Å². The van der Waals surface area contributed by atoms with Gasteiger partial charge in [-0.1, -0.05) is 48.9 Å². The van der Waals surface area contributed by atoms with Crippen LogP contribution in [-0.2, 0) is 13.1 Å². The topological polar surface area (TPSA) is 47.0 Å². The van der Waals surface area contributed by atoms with Gasteiger partial charge < -0.3 is 10.1 Å². The molecule has 0 saturated heterocycles. The van der Waals surface area contributed by atoms with Crippen LogP contribution < -0.4 is 10.1 Å². The van der Waals surface area contributed by atoms with Crippen molar-refractivity contribution in [3.05, 3.63) is 77.6 Å². The maximum atomic E-state index is 6.01. The number of nitrogens with one attached hydrogen (secondary N) is 1. The fourth-order valence-electron chi connectivity index (χ4n) is 2.79. The van der Waals surface area contributed by atoms with Crippen LogP contribution >= 0.6 is 0 Å². The van der Waals surface area contributed by atoms with Gasteiger partial charge in [-0.3, -0.25) is 0 Å². The molecule has 1 atom stereocenters. The first-order valence-electron chi connectivity index (χ1n) is 9.49. The van der Waals surface area contributed by atoms with E-state index in [0.29, 0.717) is 6.54 Å². The van der Waals surface area contributed by atoms with E-state index in [1.807, 2.05) is 42.7 Å². The highest BCUT2D eigenvalue weighted by Gasteiger charge is 2.07. The number of aryl methyl sites for hydroxylation is 1. The predicted octanol–water partition coefficient (Wildman–Crippen LogP) is 4.92. The van der Waals surface area contributed by atoms with Crippen molar-refractivity contribution in [3.8, 4) is 17.1 Å². The van der Waals surface area contributed by atoms with E-state index in [4.69, 9.17) is 4.74 Å². The Kier molecular flexibility index (Phi) is 6.55. The minimum absolute atomic E-state index is 0.216. The molecule has 0 bridgehead atoms. The Balaban J connectivity index is 1.58. The van der Waals surface area contributed by atoms with Gasteiger partial charge in [-0.15, -0.1) is 0 Å². The van der Waals surface area contributed by atoms with Gasteiger partial charge in [0.1, 0.15) is 5.75 Å². The van der Waals surface area contributed by atoms with Gasteiger partial charge in [-0.2, -0.15) is 0 Å². The Morgan fingerprint density at radius 1 is 1.00 bits per heavy atom. The van der Waals surface area contributed by atoms with Crippen molar-refractivity contribution in [2.24, 2.45) is 0 Å². The third-order valence-corrected chi connectivity index (χ3v) is 4.50. The number of hydrogen-bond donors (Lipinski definition) is 1. The monoisotopic (exact) mass is 361 g/mol. The second kappa shape index (κ2) is 9.28. The highest BCUT2D eigenvalue weighted by Crippen LogP contribution is 2.20. The molecule has 27 heavy (non-hydrogen) atoms. The van der Waals surface area contributed by atoms with Gasteiger partial charge in [0.05, 0.1) is 6.10 Å². The molecule has 0 aliphatic carbocycles. The first kappa shape index (κ1) is 19.1. The summed E-state index contributed by atoms with van der Waals surface area (Å²) in [5, 5.41) is 3.46. The first-order valence-corrected chi connectivity index (χ1v) is 9.49. The van der Waals surface area contributed by atoms with E-state index in [0.717, 1.165) is 41.2 Å². The summed E-state index contributed by atoms with van der Waals surface area (Å²) in [7, 11) is 0. The van der Waals surface area contributed by atoms with Crippen LogP contribution in [0, 0.1) is 6.92 Å². The zero-order valence-corrected chi connectivity index (χ0v) is 16.3. The van der Waals surface area contributed by atoms with Gasteiger partial charge in [-0.25, -0.2) is 9.97 Å². The van der Waals surface area contributed by atoms with Crippen molar-refractivity contribution in [2.45, 2.75) is 46.4 Å². The largest absolute Gasteiger partial charge is 0.490 e. The summed E-state index contributed by atoms with van der Waals surface area (Å²) in [6.07, 6.45) is 4.99. The van der Waals surface area contributed by atoms with Crippen LogP contribution in [0.3, 0.4) is 0 Å². The molecular formula is C23H27N3O. The summed E-state index contributed by atoms with van der Waals surface area (Å²) in [5.41, 5.74) is 4.48. The van der Waals surface area contributed by atoms with E-state index in [1.165, 1.54) is 5.56 Å². The number of nitrogens with zero attached hydrogens (tertiary/aromatic N) is 2. The third-order valence-electron chi connectivity index (χ3n) is 4.50. The molecule has 4 nitrogen and oxygen atoms in total. The van der Waals surface area contributed by atoms with Gasteiger partial charge in [0, 0.05) is 42.2 Å². The van der Waals surface area contributed by atoms with Crippen molar-refractivity contribution < 1.29 is 4.74 Å². The molecule has 0 aliphatic heterocycles. The summed E-state index contributed by atoms with van der Waals surface area (Å²) >= 11 is 0. The second-order valence-electron chi connectivity index (χ2n) is 6.83. The van der Waals surface area contributed by atoms with Crippen molar-refractivity contribution in [3.63, 3.8) is 0 Å². The van der Waals surface area contributed by atoms with Crippen molar-refractivity contribution in [1.82, 2.24) is 15.3 Å². The van der Waals surface area contributed by atoms with E-state index >= 15 is 0 Å². The number of ether oxygens (including phenoxy) is 1. The first-order chi connectivity index (χ1) is 13.2. The molecule has 2 aromatic carbocycles. The average Bonchev–Trinajstić information content (AvgIpc) is 2.69.